The standard InChI is InChI=1S/C10H10BrClF3NO2/c11-2-1-7(17)9(18)8-6(12)3-5(4-16-8)10(13,14)15/h3-4,7,9,17-18H,1-2H2. The average Bonchev–Trinajstić information content (AvgIpc) is 2.27. The number of aliphatic hydroxyl groups is 2. The fourth-order valence-electron chi connectivity index (χ4n) is 1.27. The lowest BCUT2D eigenvalue weighted by atomic mass is 10.1. The maximum atomic E-state index is 12.4. The van der Waals surface area contributed by atoms with Gasteiger partial charge in [0, 0.05) is 11.5 Å². The van der Waals surface area contributed by atoms with Crippen LogP contribution in [0.15, 0.2) is 12.3 Å². The predicted octanol–water partition coefficient (Wildman–Crippen LogP) is 2.93. The lowest BCUT2D eigenvalue weighted by Gasteiger charge is -2.18. The summed E-state index contributed by atoms with van der Waals surface area (Å²) in [6.45, 7) is 0. The third-order valence-corrected chi connectivity index (χ3v) is 3.01. The van der Waals surface area contributed by atoms with Crippen molar-refractivity contribution in [2.24, 2.45) is 0 Å². The van der Waals surface area contributed by atoms with Gasteiger partial charge in [0.05, 0.1) is 22.4 Å². The van der Waals surface area contributed by atoms with Gasteiger partial charge in [-0.15, -0.1) is 0 Å². The molecule has 1 aromatic rings. The Bertz CT molecular complexity index is 417. The van der Waals surface area contributed by atoms with E-state index >= 15 is 0 Å². The van der Waals surface area contributed by atoms with Gasteiger partial charge in [0.2, 0.25) is 0 Å². The Kier molecular flexibility index (Phi) is 5.39. The van der Waals surface area contributed by atoms with Crippen LogP contribution in [0.2, 0.25) is 5.02 Å². The van der Waals surface area contributed by atoms with Crippen molar-refractivity contribution in [3.8, 4) is 0 Å². The molecule has 3 nitrogen and oxygen atoms in total. The summed E-state index contributed by atoms with van der Waals surface area (Å²) in [5.41, 5.74) is -1.17. The van der Waals surface area contributed by atoms with E-state index in [2.05, 4.69) is 20.9 Å². The summed E-state index contributed by atoms with van der Waals surface area (Å²) in [6, 6.07) is 0.675. The van der Waals surface area contributed by atoms with Gasteiger partial charge in [0.15, 0.2) is 0 Å². The first-order valence-electron chi connectivity index (χ1n) is 4.92. The van der Waals surface area contributed by atoms with Crippen LogP contribution in [0.3, 0.4) is 0 Å². The molecule has 0 aliphatic rings. The number of aromatic nitrogens is 1. The number of nitrogens with zero attached hydrogens (tertiary/aromatic N) is 1. The Morgan fingerprint density at radius 1 is 1.39 bits per heavy atom. The molecule has 1 aromatic heterocycles. The van der Waals surface area contributed by atoms with Gasteiger partial charge >= 0.3 is 6.18 Å². The molecule has 18 heavy (non-hydrogen) atoms. The van der Waals surface area contributed by atoms with E-state index in [9.17, 15) is 23.4 Å². The molecule has 102 valence electrons. The summed E-state index contributed by atoms with van der Waals surface area (Å²) in [7, 11) is 0. The predicted molar refractivity (Wildman–Crippen MR) is 63.6 cm³/mol. The zero-order valence-corrected chi connectivity index (χ0v) is 11.3. The lowest BCUT2D eigenvalue weighted by molar-refractivity contribution is -0.137. The number of alkyl halides is 4. The van der Waals surface area contributed by atoms with Crippen molar-refractivity contribution in [1.82, 2.24) is 4.98 Å². The van der Waals surface area contributed by atoms with E-state index in [1.165, 1.54) is 0 Å². The Balaban J connectivity index is 2.99. The maximum absolute atomic E-state index is 12.4. The van der Waals surface area contributed by atoms with Crippen molar-refractivity contribution in [3.63, 3.8) is 0 Å². The highest BCUT2D eigenvalue weighted by molar-refractivity contribution is 9.09. The summed E-state index contributed by atoms with van der Waals surface area (Å²) in [5.74, 6) is 0. The van der Waals surface area contributed by atoms with Crippen molar-refractivity contribution in [1.29, 1.82) is 0 Å². The first-order chi connectivity index (χ1) is 8.27. The van der Waals surface area contributed by atoms with Crippen LogP contribution in [0.4, 0.5) is 13.2 Å². The van der Waals surface area contributed by atoms with E-state index in [1.54, 1.807) is 0 Å². The van der Waals surface area contributed by atoms with Gasteiger partial charge in [0.1, 0.15) is 6.10 Å². The Hall–Kier alpha value is -0.370. The molecule has 0 aliphatic carbocycles. The van der Waals surface area contributed by atoms with Gasteiger partial charge < -0.3 is 10.2 Å². The Labute approximate surface area is 115 Å². The van der Waals surface area contributed by atoms with Gasteiger partial charge in [-0.1, -0.05) is 27.5 Å². The van der Waals surface area contributed by atoms with Gasteiger partial charge in [0.25, 0.3) is 0 Å². The smallest absolute Gasteiger partial charge is 0.390 e. The highest BCUT2D eigenvalue weighted by Crippen LogP contribution is 2.33. The van der Waals surface area contributed by atoms with Crippen LogP contribution in [-0.4, -0.2) is 26.6 Å². The molecule has 0 aliphatic heterocycles. The number of pyridine rings is 1. The minimum atomic E-state index is -4.55. The zero-order chi connectivity index (χ0) is 13.9. The number of rotatable bonds is 4. The number of hydrogen-bond donors (Lipinski definition) is 2. The fourth-order valence-corrected chi connectivity index (χ4v) is 2.02. The van der Waals surface area contributed by atoms with Crippen molar-refractivity contribution in [3.05, 3.63) is 28.5 Å². The van der Waals surface area contributed by atoms with Crippen LogP contribution < -0.4 is 0 Å². The molecule has 0 aromatic carbocycles. The molecule has 8 heteroatoms. The average molecular weight is 349 g/mol. The monoisotopic (exact) mass is 347 g/mol. The number of aliphatic hydroxyl groups excluding tert-OH is 2. The quantitative estimate of drug-likeness (QED) is 0.823. The summed E-state index contributed by atoms with van der Waals surface area (Å²) in [6.07, 6.45) is -6.32. The second kappa shape index (κ2) is 6.18. The molecule has 2 unspecified atom stereocenters. The number of hydrogen-bond acceptors (Lipinski definition) is 3. The maximum Gasteiger partial charge on any atom is 0.417 e. The molecule has 0 saturated carbocycles. The Morgan fingerprint density at radius 2 is 2.00 bits per heavy atom. The summed E-state index contributed by atoms with van der Waals surface area (Å²) in [4.78, 5) is 3.47. The largest absolute Gasteiger partial charge is 0.417 e. The molecule has 1 rings (SSSR count). The Morgan fingerprint density at radius 3 is 2.44 bits per heavy atom. The summed E-state index contributed by atoms with van der Waals surface area (Å²) >= 11 is 8.70. The van der Waals surface area contributed by atoms with Crippen LogP contribution in [0.25, 0.3) is 0 Å². The SMILES string of the molecule is OC(CCBr)C(O)c1ncc(C(F)(F)F)cc1Cl. The molecule has 0 radical (unpaired) electrons. The highest BCUT2D eigenvalue weighted by atomic mass is 79.9. The van der Waals surface area contributed by atoms with Crippen molar-refractivity contribution in [2.75, 3.05) is 5.33 Å². The van der Waals surface area contributed by atoms with E-state index < -0.39 is 23.9 Å². The summed E-state index contributed by atoms with van der Waals surface area (Å²) in [5, 5.41) is 19.3. The first-order valence-corrected chi connectivity index (χ1v) is 6.42. The minimum Gasteiger partial charge on any atom is -0.390 e. The molecule has 0 amide bonds. The van der Waals surface area contributed by atoms with Gasteiger partial charge in [-0.3, -0.25) is 4.98 Å². The van der Waals surface area contributed by atoms with Crippen LogP contribution in [0, 0.1) is 0 Å². The molecular weight excluding hydrogens is 338 g/mol. The van der Waals surface area contributed by atoms with Crippen LogP contribution in [0.1, 0.15) is 23.8 Å². The van der Waals surface area contributed by atoms with Crippen molar-refractivity contribution < 1.29 is 23.4 Å². The van der Waals surface area contributed by atoms with E-state index in [0.717, 1.165) is 0 Å². The molecule has 0 saturated heterocycles. The second-order valence-electron chi connectivity index (χ2n) is 3.58. The summed E-state index contributed by atoms with van der Waals surface area (Å²) < 4.78 is 37.1. The normalized spacial score (nSPS) is 15.5. The topological polar surface area (TPSA) is 53.4 Å². The lowest BCUT2D eigenvalue weighted by Crippen LogP contribution is -2.20. The van der Waals surface area contributed by atoms with E-state index in [0.29, 0.717) is 17.6 Å². The van der Waals surface area contributed by atoms with Crippen LogP contribution in [0.5, 0.6) is 0 Å². The van der Waals surface area contributed by atoms with E-state index in [4.69, 9.17) is 11.6 Å². The van der Waals surface area contributed by atoms with Crippen molar-refractivity contribution >= 4 is 27.5 Å². The second-order valence-corrected chi connectivity index (χ2v) is 4.78. The highest BCUT2D eigenvalue weighted by Gasteiger charge is 2.32. The first kappa shape index (κ1) is 15.7. The third-order valence-electron chi connectivity index (χ3n) is 2.25. The number of halogens is 5. The van der Waals surface area contributed by atoms with Gasteiger partial charge in [-0.2, -0.15) is 13.2 Å². The molecule has 0 spiro atoms. The molecule has 0 bridgehead atoms. The molecular formula is C10H10BrClF3NO2. The van der Waals surface area contributed by atoms with Crippen molar-refractivity contribution in [2.45, 2.75) is 24.8 Å². The van der Waals surface area contributed by atoms with Crippen LogP contribution >= 0.6 is 27.5 Å². The van der Waals surface area contributed by atoms with E-state index in [1.807, 2.05) is 0 Å². The van der Waals surface area contributed by atoms with E-state index in [-0.39, 0.29) is 17.1 Å². The fraction of sp³-hybridized carbons (Fsp3) is 0.500. The van der Waals surface area contributed by atoms with Gasteiger partial charge in [-0.05, 0) is 12.5 Å². The molecule has 0 fully saturated rings. The molecule has 2 N–H and O–H groups in total. The third kappa shape index (κ3) is 3.81. The molecule has 1 heterocycles. The zero-order valence-electron chi connectivity index (χ0n) is 8.96. The molecule has 2 atom stereocenters. The minimum absolute atomic E-state index is 0.168. The van der Waals surface area contributed by atoms with Crippen LogP contribution in [-0.2, 0) is 6.18 Å². The van der Waals surface area contributed by atoms with Gasteiger partial charge in [-0.25, -0.2) is 0 Å².